The molecule has 6 aromatic carbocycles. The zero-order chi connectivity index (χ0) is 41.8. The van der Waals surface area contributed by atoms with Gasteiger partial charge in [-0.05, 0) is 78.2 Å². The zero-order valence-electron chi connectivity index (χ0n) is 33.4. The Kier molecular flexibility index (Phi) is 14.6. The average Bonchev–Trinajstić information content (AvgIpc) is 3.26. The highest BCUT2D eigenvalue weighted by atomic mass is 16.6. The average molecular weight is 782 g/mol. The van der Waals surface area contributed by atoms with Crippen LogP contribution in [0.15, 0.2) is 152 Å². The van der Waals surface area contributed by atoms with Crippen molar-refractivity contribution >= 4 is 33.5 Å². The Morgan fingerprint density at radius 3 is 1.40 bits per heavy atom. The van der Waals surface area contributed by atoms with Gasteiger partial charge in [0.25, 0.3) is 0 Å². The molecule has 6 rings (SSSR count). The third-order valence-electron chi connectivity index (χ3n) is 9.72. The SMILES string of the molecule is C=C(C)C(=O)OCC(O)COc1ccc2ccccc2c1C(C)(c1ccc(-c2ccccc2)cc1)c1c(OCC(O)COC(=O)C(=C)C)ccc2ccccc12.CN. The summed E-state index contributed by atoms with van der Waals surface area (Å²) in [5, 5.41) is 25.6. The molecule has 9 heteroatoms. The van der Waals surface area contributed by atoms with Crippen molar-refractivity contribution in [2.45, 2.75) is 38.4 Å². The van der Waals surface area contributed by atoms with Crippen LogP contribution in [0.2, 0.25) is 0 Å². The fourth-order valence-electron chi connectivity index (χ4n) is 6.87. The van der Waals surface area contributed by atoms with Crippen molar-refractivity contribution in [1.29, 1.82) is 0 Å². The van der Waals surface area contributed by atoms with E-state index >= 15 is 0 Å². The van der Waals surface area contributed by atoms with E-state index in [4.69, 9.17) is 18.9 Å². The van der Waals surface area contributed by atoms with Crippen LogP contribution in [0.25, 0.3) is 32.7 Å². The molecule has 2 unspecified atom stereocenters. The van der Waals surface area contributed by atoms with Crippen LogP contribution in [0.5, 0.6) is 11.5 Å². The van der Waals surface area contributed by atoms with E-state index in [1.165, 1.54) is 7.05 Å². The first-order valence-electron chi connectivity index (χ1n) is 19.0. The molecule has 0 aromatic heterocycles. The highest BCUT2D eigenvalue weighted by Gasteiger charge is 2.40. The first-order valence-corrected chi connectivity index (χ1v) is 19.0. The molecule has 0 aliphatic heterocycles. The van der Waals surface area contributed by atoms with Gasteiger partial charge in [0.2, 0.25) is 0 Å². The maximum absolute atomic E-state index is 12.1. The standard InChI is InChI=1S/C48H46O8.CH5N/c1-31(2)46(51)55-29-38(49)27-53-42-25-21-35-15-9-11-17-40(35)44(42)48(5,37-23-19-34(20-24-37)33-13-7-6-8-14-33)45-41-18-12-10-16-36(41)22-26-43(45)54-28-39(50)30-56-47(52)32(3)4;1-2/h6-26,38-39,49-50H,1,3,27-30H2,2,4-5H3;2H2,1H3. The monoisotopic (exact) mass is 781 g/mol. The second-order valence-corrected chi connectivity index (χ2v) is 14.1. The van der Waals surface area contributed by atoms with E-state index in [9.17, 15) is 19.8 Å². The van der Waals surface area contributed by atoms with E-state index in [1.54, 1.807) is 13.8 Å². The number of hydrogen-bond donors (Lipinski definition) is 3. The van der Waals surface area contributed by atoms with Crippen LogP contribution in [0, 0.1) is 0 Å². The Morgan fingerprint density at radius 2 is 0.966 bits per heavy atom. The molecule has 9 nitrogen and oxygen atoms in total. The predicted octanol–water partition coefficient (Wildman–Crippen LogP) is 8.31. The Hall–Kier alpha value is -6.26. The predicted molar refractivity (Wildman–Crippen MR) is 230 cm³/mol. The number of fused-ring (bicyclic) bond motifs is 2. The summed E-state index contributed by atoms with van der Waals surface area (Å²) < 4.78 is 23.5. The lowest BCUT2D eigenvalue weighted by Crippen LogP contribution is -2.31. The number of esters is 2. The van der Waals surface area contributed by atoms with E-state index in [0.29, 0.717) is 11.5 Å². The minimum absolute atomic E-state index is 0.161. The Bertz CT molecular complexity index is 2250. The van der Waals surface area contributed by atoms with Gasteiger partial charge in [-0.15, -0.1) is 0 Å². The minimum Gasteiger partial charge on any atom is -0.490 e. The summed E-state index contributed by atoms with van der Waals surface area (Å²) in [6, 6.07) is 42.4. The van der Waals surface area contributed by atoms with Gasteiger partial charge in [-0.25, -0.2) is 9.59 Å². The summed E-state index contributed by atoms with van der Waals surface area (Å²) in [6.07, 6.45) is -2.24. The summed E-state index contributed by atoms with van der Waals surface area (Å²) in [7, 11) is 1.50. The lowest BCUT2D eigenvalue weighted by molar-refractivity contribution is -0.143. The smallest absolute Gasteiger partial charge is 0.333 e. The number of rotatable bonds is 16. The molecule has 300 valence electrons. The lowest BCUT2D eigenvalue weighted by Gasteiger charge is -2.37. The maximum Gasteiger partial charge on any atom is 0.333 e. The van der Waals surface area contributed by atoms with Crippen LogP contribution < -0.4 is 15.2 Å². The normalized spacial score (nSPS) is 12.9. The maximum atomic E-state index is 12.1. The molecular weight excluding hydrogens is 731 g/mol. The van der Waals surface area contributed by atoms with Crippen LogP contribution in [0.1, 0.15) is 37.5 Å². The third kappa shape index (κ3) is 9.81. The number of hydrogen-bond acceptors (Lipinski definition) is 9. The van der Waals surface area contributed by atoms with Crippen molar-refractivity contribution in [3.63, 3.8) is 0 Å². The number of carbonyl (C=O) groups excluding carboxylic acids is 2. The third-order valence-corrected chi connectivity index (χ3v) is 9.72. The molecule has 6 aromatic rings. The van der Waals surface area contributed by atoms with Gasteiger partial charge in [-0.1, -0.05) is 128 Å². The molecule has 4 N–H and O–H groups in total. The van der Waals surface area contributed by atoms with Gasteiger partial charge in [0.15, 0.2) is 0 Å². The van der Waals surface area contributed by atoms with Crippen molar-refractivity contribution in [1.82, 2.24) is 0 Å². The van der Waals surface area contributed by atoms with E-state index < -0.39 is 29.6 Å². The summed E-state index contributed by atoms with van der Waals surface area (Å²) in [5.74, 6) is -0.169. The van der Waals surface area contributed by atoms with Crippen LogP contribution in [0.3, 0.4) is 0 Å². The first-order chi connectivity index (χ1) is 28.0. The molecule has 0 saturated heterocycles. The Morgan fingerprint density at radius 1 is 0.569 bits per heavy atom. The topological polar surface area (TPSA) is 138 Å². The van der Waals surface area contributed by atoms with Gasteiger partial charge in [0.1, 0.15) is 50.1 Å². The molecule has 0 fully saturated rings. The molecular formula is C49H51NO8. The quantitative estimate of drug-likeness (QED) is 0.0503. The highest BCUT2D eigenvalue weighted by Crippen LogP contribution is 2.51. The molecule has 0 spiro atoms. The van der Waals surface area contributed by atoms with Crippen molar-refractivity contribution < 1.29 is 38.7 Å². The van der Waals surface area contributed by atoms with E-state index in [1.807, 2.05) is 91.0 Å². The fourth-order valence-corrected chi connectivity index (χ4v) is 6.87. The Labute approximate surface area is 340 Å². The first kappa shape index (κ1) is 42.9. The van der Waals surface area contributed by atoms with Crippen molar-refractivity contribution in [2.24, 2.45) is 5.73 Å². The number of ether oxygens (including phenoxy) is 4. The summed E-state index contributed by atoms with van der Waals surface area (Å²) in [4.78, 5) is 24.2. The fraction of sp³-hybridized carbons (Fsp3) is 0.224. The van der Waals surface area contributed by atoms with Gasteiger partial charge in [-0.2, -0.15) is 0 Å². The van der Waals surface area contributed by atoms with Crippen LogP contribution in [-0.4, -0.2) is 67.8 Å². The molecule has 0 bridgehead atoms. The van der Waals surface area contributed by atoms with E-state index in [0.717, 1.165) is 49.4 Å². The summed E-state index contributed by atoms with van der Waals surface area (Å²) >= 11 is 0. The molecule has 0 saturated carbocycles. The van der Waals surface area contributed by atoms with Crippen molar-refractivity contribution in [2.75, 3.05) is 33.5 Å². The van der Waals surface area contributed by atoms with Crippen molar-refractivity contribution in [3.05, 3.63) is 168 Å². The second-order valence-electron chi connectivity index (χ2n) is 14.1. The molecule has 0 aliphatic carbocycles. The molecule has 0 heterocycles. The second kappa shape index (κ2) is 19.7. The van der Waals surface area contributed by atoms with Crippen LogP contribution in [-0.2, 0) is 24.5 Å². The van der Waals surface area contributed by atoms with Gasteiger partial charge < -0.3 is 34.9 Å². The van der Waals surface area contributed by atoms with Gasteiger partial charge >= 0.3 is 11.9 Å². The Balaban J connectivity index is 0.00000315. The lowest BCUT2D eigenvalue weighted by atomic mass is 9.67. The number of carbonyl (C=O) groups is 2. The van der Waals surface area contributed by atoms with Gasteiger partial charge in [-0.3, -0.25) is 0 Å². The van der Waals surface area contributed by atoms with Crippen LogP contribution in [0.4, 0.5) is 0 Å². The highest BCUT2D eigenvalue weighted by molar-refractivity contribution is 5.95. The largest absolute Gasteiger partial charge is 0.490 e. The number of benzene rings is 6. The van der Waals surface area contributed by atoms with Crippen LogP contribution >= 0.6 is 0 Å². The molecule has 2 atom stereocenters. The van der Waals surface area contributed by atoms with Gasteiger partial charge in [0, 0.05) is 22.3 Å². The zero-order valence-corrected chi connectivity index (χ0v) is 33.4. The van der Waals surface area contributed by atoms with Gasteiger partial charge in [0.05, 0.1) is 5.41 Å². The summed E-state index contributed by atoms with van der Waals surface area (Å²) in [6.45, 7) is 11.6. The molecule has 0 aliphatic rings. The molecule has 58 heavy (non-hydrogen) atoms. The number of nitrogens with two attached hydrogens (primary N) is 1. The van der Waals surface area contributed by atoms with E-state index in [-0.39, 0.29) is 37.6 Å². The number of aliphatic hydroxyl groups is 2. The minimum atomic E-state index is -1.12. The summed E-state index contributed by atoms with van der Waals surface area (Å²) in [5.41, 5.74) is 8.63. The molecule has 0 radical (unpaired) electrons. The van der Waals surface area contributed by atoms with E-state index in [2.05, 4.69) is 62.2 Å². The molecule has 0 amide bonds. The van der Waals surface area contributed by atoms with Crippen molar-refractivity contribution in [3.8, 4) is 22.6 Å². The number of aliphatic hydroxyl groups excluding tert-OH is 2.